The lowest BCUT2D eigenvalue weighted by Gasteiger charge is -2.35. The van der Waals surface area contributed by atoms with E-state index < -0.39 is 23.3 Å². The van der Waals surface area contributed by atoms with Gasteiger partial charge in [-0.15, -0.1) is 0 Å². The Hall–Kier alpha value is -4.10. The van der Waals surface area contributed by atoms with Crippen molar-refractivity contribution in [3.63, 3.8) is 0 Å². The predicted molar refractivity (Wildman–Crippen MR) is 130 cm³/mol. The number of carbonyl (C=O) groups excluding carboxylic acids is 4. The lowest BCUT2D eigenvalue weighted by Crippen LogP contribution is -2.59. The smallest absolute Gasteiger partial charge is 0.240 e. The molecular formula is C29H22N2O5. The molecule has 0 bridgehead atoms. The maximum atomic E-state index is 14.0. The van der Waals surface area contributed by atoms with E-state index in [1.165, 1.54) is 4.90 Å². The second kappa shape index (κ2) is 7.45. The van der Waals surface area contributed by atoms with Crippen molar-refractivity contribution in [2.75, 3.05) is 11.4 Å². The number of amides is 2. The molecule has 3 aliphatic heterocycles. The minimum absolute atomic E-state index is 0.306. The first-order valence-corrected chi connectivity index (χ1v) is 12.2. The highest BCUT2D eigenvalue weighted by Gasteiger charge is 2.76. The van der Waals surface area contributed by atoms with E-state index in [1.807, 2.05) is 35.2 Å². The Balaban J connectivity index is 1.27. The van der Waals surface area contributed by atoms with Crippen LogP contribution in [0, 0.1) is 11.8 Å². The molecule has 36 heavy (non-hydrogen) atoms. The van der Waals surface area contributed by atoms with Gasteiger partial charge in [0.15, 0.2) is 17.1 Å². The minimum atomic E-state index is -1.63. The number of anilines is 1. The van der Waals surface area contributed by atoms with Crippen molar-refractivity contribution in [3.05, 3.63) is 90.0 Å². The summed E-state index contributed by atoms with van der Waals surface area (Å²) in [5.41, 5.74) is -0.535. The van der Waals surface area contributed by atoms with E-state index in [0.29, 0.717) is 41.3 Å². The molecule has 4 aliphatic rings. The van der Waals surface area contributed by atoms with Gasteiger partial charge in [0.05, 0.1) is 17.5 Å². The molecule has 3 saturated heterocycles. The molecule has 2 amide bonds. The first-order chi connectivity index (χ1) is 17.5. The largest absolute Gasteiger partial charge is 0.457 e. The fraction of sp³-hybridized carbons (Fsp3) is 0.241. The monoisotopic (exact) mass is 478 g/mol. The van der Waals surface area contributed by atoms with Crippen LogP contribution in [0.2, 0.25) is 0 Å². The number of ether oxygens (including phenoxy) is 1. The Labute approximate surface area is 207 Å². The van der Waals surface area contributed by atoms with E-state index in [-0.39, 0.29) is 23.5 Å². The summed E-state index contributed by atoms with van der Waals surface area (Å²) in [5, 5.41) is 0. The summed E-state index contributed by atoms with van der Waals surface area (Å²) >= 11 is 0. The Morgan fingerprint density at radius 2 is 1.33 bits per heavy atom. The topological polar surface area (TPSA) is 84.0 Å². The number of imide groups is 1. The highest BCUT2D eigenvalue weighted by molar-refractivity contribution is 6.37. The number of hydrogen-bond donors (Lipinski definition) is 0. The van der Waals surface area contributed by atoms with Crippen molar-refractivity contribution in [3.8, 4) is 11.5 Å². The lowest BCUT2D eigenvalue weighted by atomic mass is 9.76. The van der Waals surface area contributed by atoms with Gasteiger partial charge in [-0.1, -0.05) is 42.5 Å². The van der Waals surface area contributed by atoms with E-state index in [1.54, 1.807) is 48.5 Å². The molecule has 7 rings (SSSR count). The third kappa shape index (κ3) is 2.55. The van der Waals surface area contributed by atoms with Gasteiger partial charge >= 0.3 is 0 Å². The van der Waals surface area contributed by atoms with Crippen molar-refractivity contribution in [2.45, 2.75) is 24.4 Å². The van der Waals surface area contributed by atoms with Gasteiger partial charge in [-0.05, 0) is 55.8 Å². The fourth-order valence-electron chi connectivity index (χ4n) is 6.78. The van der Waals surface area contributed by atoms with Crippen LogP contribution in [0.15, 0.2) is 78.9 Å². The number of benzene rings is 3. The molecule has 1 aliphatic carbocycles. The van der Waals surface area contributed by atoms with Crippen LogP contribution in [0.5, 0.6) is 11.5 Å². The minimum Gasteiger partial charge on any atom is -0.457 e. The first-order valence-electron chi connectivity index (χ1n) is 12.2. The zero-order chi connectivity index (χ0) is 24.6. The van der Waals surface area contributed by atoms with E-state index >= 15 is 0 Å². The van der Waals surface area contributed by atoms with Crippen LogP contribution in [-0.4, -0.2) is 46.4 Å². The summed E-state index contributed by atoms with van der Waals surface area (Å²) in [7, 11) is 0. The summed E-state index contributed by atoms with van der Waals surface area (Å²) in [6.07, 6.45) is 1.45. The summed E-state index contributed by atoms with van der Waals surface area (Å²) in [6.45, 7) is 0.523. The van der Waals surface area contributed by atoms with E-state index in [2.05, 4.69) is 0 Å². The standard InChI is InChI=1S/C29H22N2O5/c32-25-20-9-4-5-10-21(20)26(33)29(25)24-23(22-11-6-16-30(22)29)27(34)31(28(24)35)17-12-14-19(15-13-17)36-18-7-2-1-3-8-18/h1-5,7-10,12-15,22-24H,6,11,16H2/t22-,23-,24-/m0/s1. The zero-order valence-corrected chi connectivity index (χ0v) is 19.3. The molecule has 0 saturated carbocycles. The van der Waals surface area contributed by atoms with Crippen LogP contribution in [0.3, 0.4) is 0 Å². The number of hydrogen-bond acceptors (Lipinski definition) is 6. The van der Waals surface area contributed by atoms with Gasteiger partial charge in [-0.2, -0.15) is 0 Å². The first kappa shape index (κ1) is 21.2. The number of ketones is 2. The number of Topliss-reactive ketones (excluding diaryl/α,β-unsaturated/α-hetero) is 2. The third-order valence-corrected chi connectivity index (χ3v) is 8.15. The van der Waals surface area contributed by atoms with Gasteiger partial charge < -0.3 is 4.74 Å². The maximum Gasteiger partial charge on any atom is 0.240 e. The van der Waals surface area contributed by atoms with E-state index in [9.17, 15) is 19.2 Å². The normalized spacial score (nSPS) is 26.0. The number of nitrogens with zero attached hydrogens (tertiary/aromatic N) is 2. The van der Waals surface area contributed by atoms with Crippen molar-refractivity contribution >= 4 is 29.1 Å². The molecule has 3 heterocycles. The van der Waals surface area contributed by atoms with Crippen LogP contribution < -0.4 is 9.64 Å². The second-order valence-electron chi connectivity index (χ2n) is 9.80. The van der Waals surface area contributed by atoms with Crippen LogP contribution in [-0.2, 0) is 9.59 Å². The van der Waals surface area contributed by atoms with Crippen molar-refractivity contribution < 1.29 is 23.9 Å². The molecule has 178 valence electrons. The second-order valence-corrected chi connectivity index (χ2v) is 9.80. The Kier molecular flexibility index (Phi) is 4.39. The summed E-state index contributed by atoms with van der Waals surface area (Å²) < 4.78 is 5.84. The van der Waals surface area contributed by atoms with Crippen LogP contribution in [0.1, 0.15) is 33.6 Å². The molecule has 0 radical (unpaired) electrons. The summed E-state index contributed by atoms with van der Waals surface area (Å²) in [4.78, 5) is 58.5. The number of carbonyl (C=O) groups is 4. The molecule has 3 aromatic rings. The van der Waals surface area contributed by atoms with Crippen LogP contribution in [0.4, 0.5) is 5.69 Å². The van der Waals surface area contributed by atoms with Crippen molar-refractivity contribution in [1.29, 1.82) is 0 Å². The van der Waals surface area contributed by atoms with Gasteiger partial charge in [0.1, 0.15) is 11.5 Å². The third-order valence-electron chi connectivity index (χ3n) is 8.15. The predicted octanol–water partition coefficient (Wildman–Crippen LogP) is 3.88. The van der Waals surface area contributed by atoms with E-state index in [4.69, 9.17) is 4.74 Å². The SMILES string of the molecule is O=C1[C@@H]2[C@@H](C(=O)N1c1ccc(Oc3ccccc3)cc1)C1(C(=O)c3ccccc3C1=O)N1CCC[C@@H]21. The highest BCUT2D eigenvalue weighted by atomic mass is 16.5. The lowest BCUT2D eigenvalue weighted by molar-refractivity contribution is -0.124. The van der Waals surface area contributed by atoms with Crippen LogP contribution in [0.25, 0.3) is 0 Å². The Bertz CT molecular complexity index is 1410. The Morgan fingerprint density at radius 3 is 2.00 bits per heavy atom. The average Bonchev–Trinajstić information content (AvgIpc) is 3.60. The molecule has 0 aromatic heterocycles. The highest BCUT2D eigenvalue weighted by Crippen LogP contribution is 2.57. The van der Waals surface area contributed by atoms with E-state index in [0.717, 1.165) is 6.42 Å². The molecule has 3 atom stereocenters. The van der Waals surface area contributed by atoms with Gasteiger partial charge in [0.25, 0.3) is 0 Å². The van der Waals surface area contributed by atoms with Gasteiger partial charge in [0, 0.05) is 17.2 Å². The molecule has 3 aromatic carbocycles. The molecule has 0 unspecified atom stereocenters. The molecule has 7 nitrogen and oxygen atoms in total. The quantitative estimate of drug-likeness (QED) is 0.420. The summed E-state index contributed by atoms with van der Waals surface area (Å²) in [5.74, 6) is -2.02. The van der Waals surface area contributed by atoms with Gasteiger partial charge in [0.2, 0.25) is 11.8 Å². The van der Waals surface area contributed by atoms with Gasteiger partial charge in [-0.3, -0.25) is 24.1 Å². The molecule has 0 N–H and O–H groups in total. The number of para-hydroxylation sites is 1. The number of rotatable bonds is 3. The zero-order valence-electron chi connectivity index (χ0n) is 19.3. The fourth-order valence-corrected chi connectivity index (χ4v) is 6.78. The van der Waals surface area contributed by atoms with Crippen molar-refractivity contribution in [1.82, 2.24) is 4.90 Å². The molecule has 3 fully saturated rings. The Morgan fingerprint density at radius 1 is 0.722 bits per heavy atom. The molecular weight excluding hydrogens is 456 g/mol. The molecule has 1 spiro atoms. The average molecular weight is 479 g/mol. The number of fused-ring (bicyclic) bond motifs is 6. The van der Waals surface area contributed by atoms with Crippen molar-refractivity contribution in [2.24, 2.45) is 11.8 Å². The van der Waals surface area contributed by atoms with Crippen LogP contribution >= 0.6 is 0 Å². The van der Waals surface area contributed by atoms with Gasteiger partial charge in [-0.25, -0.2) is 4.90 Å². The molecule has 7 heteroatoms. The summed E-state index contributed by atoms with van der Waals surface area (Å²) in [6, 6.07) is 22.5. The maximum absolute atomic E-state index is 14.0.